The molecule has 0 saturated heterocycles. The van der Waals surface area contributed by atoms with E-state index in [2.05, 4.69) is 5.32 Å². The number of nitrogens with zero attached hydrogens (tertiary/aromatic N) is 1. The maximum Gasteiger partial charge on any atom is 0.256 e. The lowest BCUT2D eigenvalue weighted by Gasteiger charge is -2.09. The van der Waals surface area contributed by atoms with Gasteiger partial charge in [0.15, 0.2) is 0 Å². The Balaban J connectivity index is 2.05. The fraction of sp³-hybridized carbons (Fsp3) is 0.333. The zero-order valence-electron chi connectivity index (χ0n) is 11.3. The topological polar surface area (TPSA) is 60.3 Å². The van der Waals surface area contributed by atoms with Gasteiger partial charge in [-0.2, -0.15) is 0 Å². The van der Waals surface area contributed by atoms with Crippen molar-refractivity contribution in [3.05, 3.63) is 45.7 Å². The number of rotatable bonds is 4. The van der Waals surface area contributed by atoms with Crippen LogP contribution in [0.5, 0.6) is 0 Å². The molecule has 0 aliphatic carbocycles. The van der Waals surface area contributed by atoms with Gasteiger partial charge in [0.2, 0.25) is 5.43 Å². The monoisotopic (exact) mass is 272 g/mol. The number of pyridine rings is 1. The lowest BCUT2D eigenvalue weighted by Crippen LogP contribution is -2.31. The minimum absolute atomic E-state index is 0.199. The van der Waals surface area contributed by atoms with Crippen LogP contribution < -0.4 is 10.7 Å². The predicted octanol–water partition coefficient (Wildman–Crippen LogP) is 0.934. The number of carbonyl (C=O) groups excluding carboxylic acids is 1. The van der Waals surface area contributed by atoms with Crippen LogP contribution in [0, 0.1) is 0 Å². The fourth-order valence-corrected chi connectivity index (χ4v) is 2.68. The number of benzene rings is 1. The minimum atomic E-state index is -0.338. The summed E-state index contributed by atoms with van der Waals surface area (Å²) in [6, 6.07) is 5.69. The summed E-state index contributed by atoms with van der Waals surface area (Å²) >= 11 is 0. The molecule has 0 unspecified atom stereocenters. The maximum absolute atomic E-state index is 12.4. The number of carbonyl (C=O) groups is 1. The van der Waals surface area contributed by atoms with Crippen molar-refractivity contribution >= 4 is 16.8 Å². The first-order chi connectivity index (χ1) is 9.72. The second-order valence-corrected chi connectivity index (χ2v) is 4.88. The Labute approximate surface area is 116 Å². The Morgan fingerprint density at radius 2 is 2.30 bits per heavy atom. The smallest absolute Gasteiger partial charge is 0.256 e. The summed E-state index contributed by atoms with van der Waals surface area (Å²) in [5.74, 6) is -0.338. The number of hydrogen-bond donors (Lipinski definition) is 1. The lowest BCUT2D eigenvalue weighted by atomic mass is 10.1. The second-order valence-electron chi connectivity index (χ2n) is 4.88. The predicted molar refractivity (Wildman–Crippen MR) is 76.1 cm³/mol. The average molecular weight is 272 g/mol. The van der Waals surface area contributed by atoms with Gasteiger partial charge in [-0.15, -0.1) is 0 Å². The summed E-state index contributed by atoms with van der Waals surface area (Å²) in [5.41, 5.74) is 2.14. The van der Waals surface area contributed by atoms with E-state index in [9.17, 15) is 9.59 Å². The molecular formula is C15H16N2O3. The zero-order valence-corrected chi connectivity index (χ0v) is 11.3. The average Bonchev–Trinajstić information content (AvgIpc) is 2.87. The molecular weight excluding hydrogens is 256 g/mol. The lowest BCUT2D eigenvalue weighted by molar-refractivity contribution is 0.0935. The number of methoxy groups -OCH3 is 1. The van der Waals surface area contributed by atoms with Gasteiger partial charge in [-0.25, -0.2) is 0 Å². The highest BCUT2D eigenvalue weighted by molar-refractivity contribution is 5.98. The standard InChI is InChI=1S/C15H16N2O3/c1-20-8-6-16-15(19)12-9-17-7-5-10-3-2-4-11(13(10)17)14(12)18/h2-4,9H,5-8H2,1H3,(H,16,19). The molecule has 1 aliphatic heterocycles. The van der Waals surface area contributed by atoms with Gasteiger partial charge in [-0.3, -0.25) is 9.59 Å². The van der Waals surface area contributed by atoms with Crippen LogP contribution in [0.1, 0.15) is 15.9 Å². The second kappa shape index (κ2) is 5.09. The molecule has 5 heteroatoms. The van der Waals surface area contributed by atoms with Crippen molar-refractivity contribution in [2.75, 3.05) is 20.3 Å². The Kier molecular flexibility index (Phi) is 3.28. The number of aryl methyl sites for hydroxylation is 2. The minimum Gasteiger partial charge on any atom is -0.383 e. The molecule has 0 radical (unpaired) electrons. The van der Waals surface area contributed by atoms with Gasteiger partial charge >= 0.3 is 0 Å². The van der Waals surface area contributed by atoms with Crippen molar-refractivity contribution in [3.8, 4) is 0 Å². The summed E-state index contributed by atoms with van der Waals surface area (Å²) in [4.78, 5) is 24.5. The molecule has 1 aromatic heterocycles. The zero-order chi connectivity index (χ0) is 14.1. The van der Waals surface area contributed by atoms with Crippen molar-refractivity contribution in [2.45, 2.75) is 13.0 Å². The highest BCUT2D eigenvalue weighted by Gasteiger charge is 2.19. The van der Waals surface area contributed by atoms with Gasteiger partial charge in [0.1, 0.15) is 5.56 Å². The first-order valence-electron chi connectivity index (χ1n) is 6.64. The summed E-state index contributed by atoms with van der Waals surface area (Å²) in [5, 5.41) is 3.32. The van der Waals surface area contributed by atoms with Crippen LogP contribution >= 0.6 is 0 Å². The third kappa shape index (κ3) is 2.00. The SMILES string of the molecule is COCCNC(=O)c1cn2c3c(cccc3c1=O)CC2. The number of ether oxygens (including phenoxy) is 1. The first-order valence-corrected chi connectivity index (χ1v) is 6.64. The summed E-state index contributed by atoms with van der Waals surface area (Å²) in [6.07, 6.45) is 2.58. The normalized spacial score (nSPS) is 12.8. The van der Waals surface area contributed by atoms with Gasteiger partial charge in [0, 0.05) is 31.8 Å². The highest BCUT2D eigenvalue weighted by Crippen LogP contribution is 2.23. The molecule has 104 valence electrons. The first kappa shape index (κ1) is 12.9. The Morgan fingerprint density at radius 1 is 1.45 bits per heavy atom. The molecule has 1 aliphatic rings. The third-order valence-corrected chi connectivity index (χ3v) is 3.64. The Hall–Kier alpha value is -2.14. The molecule has 0 atom stereocenters. The van der Waals surface area contributed by atoms with Gasteiger partial charge in [-0.05, 0) is 18.1 Å². The molecule has 1 aromatic carbocycles. The number of hydrogen-bond acceptors (Lipinski definition) is 3. The van der Waals surface area contributed by atoms with Crippen LogP contribution in [0.4, 0.5) is 0 Å². The molecule has 20 heavy (non-hydrogen) atoms. The van der Waals surface area contributed by atoms with Gasteiger partial charge in [0.05, 0.1) is 12.1 Å². The van der Waals surface area contributed by atoms with E-state index in [-0.39, 0.29) is 16.9 Å². The third-order valence-electron chi connectivity index (χ3n) is 3.64. The van der Waals surface area contributed by atoms with Gasteiger partial charge in [0.25, 0.3) is 5.91 Å². The largest absolute Gasteiger partial charge is 0.383 e. The van der Waals surface area contributed by atoms with Crippen molar-refractivity contribution in [2.24, 2.45) is 0 Å². The highest BCUT2D eigenvalue weighted by atomic mass is 16.5. The number of para-hydroxylation sites is 1. The molecule has 2 aromatic rings. The Bertz CT molecular complexity index is 734. The van der Waals surface area contributed by atoms with E-state index in [1.165, 1.54) is 5.56 Å². The van der Waals surface area contributed by atoms with Crippen molar-refractivity contribution in [1.29, 1.82) is 0 Å². The Morgan fingerprint density at radius 3 is 3.10 bits per heavy atom. The van der Waals surface area contributed by atoms with E-state index in [4.69, 9.17) is 4.74 Å². The molecule has 0 fully saturated rings. The molecule has 0 spiro atoms. The quantitative estimate of drug-likeness (QED) is 0.842. The molecule has 0 bridgehead atoms. The summed E-state index contributed by atoms with van der Waals surface area (Å²) in [7, 11) is 1.57. The van der Waals surface area contributed by atoms with E-state index in [0.29, 0.717) is 18.5 Å². The molecule has 3 rings (SSSR count). The van der Waals surface area contributed by atoms with Crippen molar-refractivity contribution in [1.82, 2.24) is 9.88 Å². The van der Waals surface area contributed by atoms with Crippen LogP contribution in [0.15, 0.2) is 29.2 Å². The number of nitrogens with one attached hydrogen (secondary N) is 1. The van der Waals surface area contributed by atoms with E-state index < -0.39 is 0 Å². The van der Waals surface area contributed by atoms with E-state index in [1.54, 1.807) is 19.4 Å². The summed E-state index contributed by atoms with van der Waals surface area (Å²) in [6.45, 7) is 1.64. The van der Waals surface area contributed by atoms with Crippen molar-refractivity contribution < 1.29 is 9.53 Å². The van der Waals surface area contributed by atoms with Crippen LogP contribution in [-0.2, 0) is 17.7 Å². The van der Waals surface area contributed by atoms with Crippen LogP contribution in [0.2, 0.25) is 0 Å². The van der Waals surface area contributed by atoms with Crippen LogP contribution in [0.25, 0.3) is 10.9 Å². The summed E-state index contributed by atoms with van der Waals surface area (Å²) < 4.78 is 6.88. The van der Waals surface area contributed by atoms with Crippen molar-refractivity contribution in [3.63, 3.8) is 0 Å². The molecule has 1 N–H and O–H groups in total. The maximum atomic E-state index is 12.4. The van der Waals surface area contributed by atoms with Gasteiger partial charge in [-0.1, -0.05) is 12.1 Å². The van der Waals surface area contributed by atoms with E-state index in [0.717, 1.165) is 18.5 Å². The van der Waals surface area contributed by atoms with E-state index >= 15 is 0 Å². The molecule has 1 amide bonds. The number of aromatic nitrogens is 1. The fourth-order valence-electron chi connectivity index (χ4n) is 2.68. The molecule has 5 nitrogen and oxygen atoms in total. The molecule has 0 saturated carbocycles. The van der Waals surface area contributed by atoms with Gasteiger partial charge < -0.3 is 14.6 Å². The number of amides is 1. The van der Waals surface area contributed by atoms with E-state index in [1.807, 2.05) is 16.7 Å². The van der Waals surface area contributed by atoms with Crippen LogP contribution in [0.3, 0.4) is 0 Å². The van der Waals surface area contributed by atoms with Crippen LogP contribution in [-0.4, -0.2) is 30.7 Å². The molecule has 2 heterocycles.